The normalized spacial score (nSPS) is 10.9. The van der Waals surface area contributed by atoms with Crippen molar-refractivity contribution in [3.8, 4) is 11.6 Å². The molecule has 12 heteroatoms. The molecule has 0 bridgehead atoms. The number of benzene rings is 1. The van der Waals surface area contributed by atoms with Crippen molar-refractivity contribution in [3.05, 3.63) is 60.4 Å². The molecule has 1 aromatic carbocycles. The molecule has 0 spiro atoms. The van der Waals surface area contributed by atoms with Crippen molar-refractivity contribution in [1.29, 1.82) is 0 Å². The maximum atomic E-state index is 12.5. The van der Waals surface area contributed by atoms with Gasteiger partial charge in [-0.1, -0.05) is 23.8 Å². The Bertz CT molecular complexity index is 1280. The van der Waals surface area contributed by atoms with E-state index in [1.165, 1.54) is 10.9 Å². The highest BCUT2D eigenvalue weighted by Crippen LogP contribution is 2.15. The molecule has 3 aromatic rings. The second-order valence-electron chi connectivity index (χ2n) is 10.0. The summed E-state index contributed by atoms with van der Waals surface area (Å²) in [7, 11) is 1.70. The van der Waals surface area contributed by atoms with E-state index in [1.54, 1.807) is 57.1 Å². The summed E-state index contributed by atoms with van der Waals surface area (Å²) in [5, 5.41) is 9.41. The lowest BCUT2D eigenvalue weighted by Crippen LogP contribution is -2.33. The van der Waals surface area contributed by atoms with Crippen LogP contribution in [0.3, 0.4) is 0 Å². The first-order valence-corrected chi connectivity index (χ1v) is 12.8. The van der Waals surface area contributed by atoms with E-state index in [4.69, 9.17) is 14.2 Å². The van der Waals surface area contributed by atoms with Crippen molar-refractivity contribution < 1.29 is 28.6 Å². The molecule has 2 N–H and O–H groups in total. The quantitative estimate of drug-likeness (QED) is 0.345. The Morgan fingerprint density at radius 1 is 1.00 bits per heavy atom. The first kappa shape index (κ1) is 29.9. The summed E-state index contributed by atoms with van der Waals surface area (Å²) in [4.78, 5) is 42.5. The van der Waals surface area contributed by atoms with Crippen molar-refractivity contribution in [2.45, 2.75) is 46.3 Å². The molecular weight excluding hydrogens is 516 g/mol. The van der Waals surface area contributed by atoms with Gasteiger partial charge in [0, 0.05) is 19.3 Å². The number of amides is 3. The minimum Gasteiger partial charge on any atom is -0.492 e. The minimum absolute atomic E-state index is 0.0271. The van der Waals surface area contributed by atoms with E-state index in [2.05, 4.69) is 20.7 Å². The van der Waals surface area contributed by atoms with Gasteiger partial charge in [-0.25, -0.2) is 4.79 Å². The molecule has 0 atom stereocenters. The zero-order valence-corrected chi connectivity index (χ0v) is 23.5. The number of nitrogens with zero attached hydrogens (tertiary/aromatic N) is 4. The van der Waals surface area contributed by atoms with Crippen LogP contribution in [0.15, 0.2) is 54.9 Å². The third kappa shape index (κ3) is 10.6. The maximum Gasteiger partial charge on any atom is 0.413 e. The second kappa shape index (κ2) is 14.0. The Morgan fingerprint density at radius 3 is 2.48 bits per heavy atom. The second-order valence-corrected chi connectivity index (χ2v) is 10.0. The minimum atomic E-state index is -0.634. The van der Waals surface area contributed by atoms with Gasteiger partial charge >= 0.3 is 6.09 Å². The summed E-state index contributed by atoms with van der Waals surface area (Å²) in [5.74, 6) is 0.838. The van der Waals surface area contributed by atoms with Crippen molar-refractivity contribution in [1.82, 2.24) is 19.7 Å². The number of rotatable bonds is 12. The molecule has 0 fully saturated rings. The smallest absolute Gasteiger partial charge is 0.413 e. The molecule has 214 valence electrons. The fraction of sp³-hybridized carbons (Fsp3) is 0.393. The summed E-state index contributed by atoms with van der Waals surface area (Å²) < 4.78 is 17.9. The molecule has 0 saturated heterocycles. The van der Waals surface area contributed by atoms with Crippen molar-refractivity contribution >= 4 is 29.4 Å². The predicted octanol–water partition coefficient (Wildman–Crippen LogP) is 3.88. The van der Waals surface area contributed by atoms with Crippen molar-refractivity contribution in [3.63, 3.8) is 0 Å². The van der Waals surface area contributed by atoms with E-state index in [0.717, 1.165) is 11.3 Å². The van der Waals surface area contributed by atoms with Crippen LogP contribution >= 0.6 is 0 Å². The van der Waals surface area contributed by atoms with Crippen molar-refractivity contribution in [2.75, 3.05) is 37.4 Å². The largest absolute Gasteiger partial charge is 0.492 e. The number of hydrogen-bond acceptors (Lipinski definition) is 8. The van der Waals surface area contributed by atoms with Gasteiger partial charge in [0.05, 0.1) is 31.5 Å². The van der Waals surface area contributed by atoms with Crippen LogP contribution in [0.4, 0.5) is 16.3 Å². The third-order valence-electron chi connectivity index (χ3n) is 5.29. The van der Waals surface area contributed by atoms with Gasteiger partial charge in [0.25, 0.3) is 0 Å². The molecule has 2 aromatic heterocycles. The maximum absolute atomic E-state index is 12.5. The number of pyridine rings is 1. The SMILES string of the molecule is Cc1ccc(OCCN(C)C(=O)Cn2cc(NC(=O)CCOc3cccc(NC(=O)OC(C)(C)C)n3)cn2)cc1. The molecule has 3 amide bonds. The molecule has 0 unspecified atom stereocenters. The predicted molar refractivity (Wildman–Crippen MR) is 149 cm³/mol. The highest BCUT2D eigenvalue weighted by molar-refractivity contribution is 5.90. The number of likely N-dealkylation sites (N-methyl/N-ethyl adjacent to an activating group) is 1. The number of anilines is 2. The zero-order valence-electron chi connectivity index (χ0n) is 23.5. The number of carbonyl (C=O) groups is 3. The van der Waals surface area contributed by atoms with E-state index < -0.39 is 11.7 Å². The van der Waals surface area contributed by atoms with Gasteiger partial charge in [-0.2, -0.15) is 10.1 Å². The van der Waals surface area contributed by atoms with Gasteiger partial charge in [0.2, 0.25) is 17.7 Å². The van der Waals surface area contributed by atoms with E-state index >= 15 is 0 Å². The monoisotopic (exact) mass is 552 g/mol. The molecule has 0 aliphatic heterocycles. The molecule has 0 aliphatic rings. The lowest BCUT2D eigenvalue weighted by Gasteiger charge is -2.19. The van der Waals surface area contributed by atoms with E-state index in [0.29, 0.717) is 18.8 Å². The molecule has 2 heterocycles. The molecule has 12 nitrogen and oxygen atoms in total. The summed E-state index contributed by atoms with van der Waals surface area (Å²) in [5.41, 5.74) is 0.979. The van der Waals surface area contributed by atoms with Gasteiger partial charge in [-0.3, -0.25) is 19.6 Å². The number of hydrogen-bond donors (Lipinski definition) is 2. The number of aromatic nitrogens is 3. The van der Waals surface area contributed by atoms with Gasteiger partial charge in [-0.15, -0.1) is 0 Å². The first-order valence-electron chi connectivity index (χ1n) is 12.8. The number of carbonyl (C=O) groups excluding carboxylic acids is 3. The Kier molecular flexibility index (Phi) is 10.5. The fourth-order valence-corrected chi connectivity index (χ4v) is 3.28. The Balaban J connectivity index is 1.36. The average Bonchev–Trinajstić information content (AvgIpc) is 3.30. The Labute approximate surface area is 233 Å². The first-order chi connectivity index (χ1) is 19.0. The van der Waals surface area contributed by atoms with Crippen LogP contribution in [-0.4, -0.2) is 70.0 Å². The number of nitrogens with one attached hydrogen (secondary N) is 2. The lowest BCUT2D eigenvalue weighted by molar-refractivity contribution is -0.131. The van der Waals surface area contributed by atoms with Gasteiger partial charge < -0.3 is 24.4 Å². The van der Waals surface area contributed by atoms with Gasteiger partial charge in [-0.05, 0) is 45.9 Å². The Hall–Kier alpha value is -4.61. The van der Waals surface area contributed by atoms with E-state index in [1.807, 2.05) is 31.2 Å². The highest BCUT2D eigenvalue weighted by Gasteiger charge is 2.17. The molecule has 0 aliphatic carbocycles. The Morgan fingerprint density at radius 2 is 1.75 bits per heavy atom. The van der Waals surface area contributed by atoms with Crippen LogP contribution in [-0.2, 0) is 20.9 Å². The van der Waals surface area contributed by atoms with Crippen molar-refractivity contribution in [2.24, 2.45) is 0 Å². The number of aryl methyl sites for hydroxylation is 1. The van der Waals surface area contributed by atoms with Crippen LogP contribution in [0.2, 0.25) is 0 Å². The highest BCUT2D eigenvalue weighted by atomic mass is 16.6. The van der Waals surface area contributed by atoms with Crippen LogP contribution in [0, 0.1) is 6.92 Å². The summed E-state index contributed by atoms with van der Waals surface area (Å²) >= 11 is 0. The summed E-state index contributed by atoms with van der Waals surface area (Å²) in [6.07, 6.45) is 2.48. The van der Waals surface area contributed by atoms with E-state index in [9.17, 15) is 14.4 Å². The van der Waals surface area contributed by atoms with E-state index in [-0.39, 0.29) is 43.1 Å². The van der Waals surface area contributed by atoms with Gasteiger partial charge in [0.1, 0.15) is 30.3 Å². The topological polar surface area (TPSA) is 137 Å². The number of ether oxygens (including phenoxy) is 3. The van der Waals surface area contributed by atoms with Crippen LogP contribution in [0.25, 0.3) is 0 Å². The van der Waals surface area contributed by atoms with Crippen LogP contribution in [0.1, 0.15) is 32.8 Å². The molecule has 3 rings (SSSR count). The zero-order chi connectivity index (χ0) is 29.1. The lowest BCUT2D eigenvalue weighted by atomic mass is 10.2. The molecular formula is C28H36N6O6. The van der Waals surface area contributed by atoms with Gasteiger partial charge in [0.15, 0.2) is 0 Å². The average molecular weight is 553 g/mol. The molecule has 40 heavy (non-hydrogen) atoms. The molecule has 0 saturated carbocycles. The third-order valence-corrected chi connectivity index (χ3v) is 5.29. The standard InChI is InChI=1S/C28H36N6O6/c1-20-9-11-22(12-10-20)38-16-14-33(5)26(36)19-34-18-21(17-29-34)30-24(35)13-15-39-25-8-6-7-23(31-25)32-27(37)40-28(2,3)4/h6-12,17-18H,13-16,19H2,1-5H3,(H,30,35)(H,31,32,37). The summed E-state index contributed by atoms with van der Waals surface area (Å²) in [6, 6.07) is 12.6. The summed E-state index contributed by atoms with van der Waals surface area (Å²) in [6.45, 7) is 8.18. The fourth-order valence-electron chi connectivity index (χ4n) is 3.28. The van der Waals surface area contributed by atoms with Crippen LogP contribution < -0.4 is 20.1 Å². The van der Waals surface area contributed by atoms with Crippen LogP contribution in [0.5, 0.6) is 11.6 Å². The molecule has 0 radical (unpaired) electrons.